The molecule has 0 spiro atoms. The van der Waals surface area contributed by atoms with Gasteiger partial charge in [0, 0.05) is 44.9 Å². The largest absolute Gasteiger partial charge is 0.381 e. The maximum atomic E-state index is 7.49. The quantitative estimate of drug-likeness (QED) is 0.724. The third kappa shape index (κ3) is 3.40. The summed E-state index contributed by atoms with van der Waals surface area (Å²) in [5.74, 6) is 1.15. The van der Waals surface area contributed by atoms with Gasteiger partial charge >= 0.3 is 0 Å². The zero-order chi connectivity index (χ0) is 15.4. The van der Waals surface area contributed by atoms with E-state index in [-0.39, 0.29) is 0 Å². The molecule has 1 saturated heterocycles. The van der Waals surface area contributed by atoms with E-state index in [0.717, 1.165) is 31.7 Å². The van der Waals surface area contributed by atoms with Crippen LogP contribution in [0.1, 0.15) is 18.4 Å². The number of nitrogens with one attached hydrogen (secondary N) is 3. The summed E-state index contributed by atoms with van der Waals surface area (Å²) in [7, 11) is 1.85. The Kier molecular flexibility index (Phi) is 4.29. The Morgan fingerprint density at radius 1 is 1.36 bits per heavy atom. The van der Waals surface area contributed by atoms with Gasteiger partial charge in [-0.25, -0.2) is 4.98 Å². The molecule has 116 valence electrons. The first-order valence-corrected chi connectivity index (χ1v) is 7.22. The van der Waals surface area contributed by atoms with Crippen LogP contribution in [-0.2, 0) is 11.8 Å². The second-order valence-corrected chi connectivity index (χ2v) is 5.20. The topological polar surface area (TPSA) is 101 Å². The van der Waals surface area contributed by atoms with Crippen molar-refractivity contribution in [2.24, 2.45) is 7.05 Å². The molecule has 1 fully saturated rings. The van der Waals surface area contributed by atoms with Gasteiger partial charge in [-0.1, -0.05) is 0 Å². The number of hydrogen-bond acceptors (Lipinski definition) is 7. The molecule has 0 radical (unpaired) electrons. The Bertz CT molecular complexity index is 648. The van der Waals surface area contributed by atoms with Crippen LogP contribution in [0, 0.1) is 5.41 Å². The molecule has 0 aliphatic carbocycles. The summed E-state index contributed by atoms with van der Waals surface area (Å²) in [6, 6.07) is 0.314. The van der Waals surface area contributed by atoms with Gasteiger partial charge in [0.15, 0.2) is 0 Å². The smallest absolute Gasteiger partial charge is 0.229 e. The summed E-state index contributed by atoms with van der Waals surface area (Å²) in [6.45, 7) is 1.51. The van der Waals surface area contributed by atoms with Crippen LogP contribution in [0.15, 0.2) is 18.6 Å². The van der Waals surface area contributed by atoms with Crippen molar-refractivity contribution < 1.29 is 4.74 Å². The number of aryl methyl sites for hydroxylation is 1. The van der Waals surface area contributed by atoms with Crippen molar-refractivity contribution in [1.82, 2.24) is 19.7 Å². The van der Waals surface area contributed by atoms with Crippen LogP contribution in [0.2, 0.25) is 0 Å². The molecule has 2 aromatic heterocycles. The van der Waals surface area contributed by atoms with E-state index < -0.39 is 0 Å². The molecular formula is C14H19N7O. The van der Waals surface area contributed by atoms with Gasteiger partial charge in [-0.2, -0.15) is 10.1 Å². The van der Waals surface area contributed by atoms with E-state index in [9.17, 15) is 0 Å². The molecule has 0 unspecified atom stereocenters. The molecule has 3 N–H and O–H groups in total. The average molecular weight is 301 g/mol. The zero-order valence-corrected chi connectivity index (χ0v) is 12.4. The van der Waals surface area contributed by atoms with Crippen molar-refractivity contribution in [2.75, 3.05) is 23.8 Å². The Morgan fingerprint density at radius 3 is 2.86 bits per heavy atom. The van der Waals surface area contributed by atoms with Gasteiger partial charge in [0.25, 0.3) is 0 Å². The Morgan fingerprint density at radius 2 is 2.18 bits per heavy atom. The normalized spacial score (nSPS) is 15.5. The highest BCUT2D eigenvalue weighted by molar-refractivity contribution is 5.84. The lowest BCUT2D eigenvalue weighted by atomic mass is 10.1. The van der Waals surface area contributed by atoms with Crippen LogP contribution in [0.3, 0.4) is 0 Å². The summed E-state index contributed by atoms with van der Waals surface area (Å²) in [5.41, 5.74) is 1.49. The van der Waals surface area contributed by atoms with Gasteiger partial charge in [0.1, 0.15) is 5.82 Å². The summed E-state index contributed by atoms with van der Waals surface area (Å²) >= 11 is 0. The first-order valence-electron chi connectivity index (χ1n) is 7.22. The fourth-order valence-electron chi connectivity index (χ4n) is 2.32. The molecule has 3 heterocycles. The Hall–Kier alpha value is -2.48. The maximum Gasteiger partial charge on any atom is 0.229 e. The Labute approximate surface area is 128 Å². The second-order valence-electron chi connectivity index (χ2n) is 5.20. The molecule has 8 heteroatoms. The minimum absolute atomic E-state index is 0.314. The minimum Gasteiger partial charge on any atom is -0.381 e. The molecule has 0 atom stereocenters. The van der Waals surface area contributed by atoms with Crippen molar-refractivity contribution in [3.63, 3.8) is 0 Å². The van der Waals surface area contributed by atoms with E-state index in [4.69, 9.17) is 10.1 Å². The fourth-order valence-corrected chi connectivity index (χ4v) is 2.32. The number of rotatable bonds is 5. The SMILES string of the molecule is Cn1cc(Nc2ncc(C=N)c(NC3CCOCC3)n2)cn1. The van der Waals surface area contributed by atoms with Gasteiger partial charge in [-0.05, 0) is 12.8 Å². The van der Waals surface area contributed by atoms with E-state index in [2.05, 4.69) is 25.7 Å². The van der Waals surface area contributed by atoms with E-state index in [1.165, 1.54) is 6.21 Å². The van der Waals surface area contributed by atoms with Crippen molar-refractivity contribution in [2.45, 2.75) is 18.9 Å². The van der Waals surface area contributed by atoms with Crippen LogP contribution in [0.5, 0.6) is 0 Å². The standard InChI is InChI=1S/C14H19N7O/c1-21-9-12(8-17-21)19-14-16-7-10(6-15)13(20-14)18-11-2-4-22-5-3-11/h6-9,11,15H,2-5H2,1H3,(H2,16,18,19,20). The van der Waals surface area contributed by atoms with Gasteiger partial charge < -0.3 is 20.8 Å². The highest BCUT2D eigenvalue weighted by atomic mass is 16.5. The number of anilines is 3. The monoisotopic (exact) mass is 301 g/mol. The molecule has 0 saturated carbocycles. The number of aromatic nitrogens is 4. The van der Waals surface area contributed by atoms with Crippen LogP contribution in [0.25, 0.3) is 0 Å². The van der Waals surface area contributed by atoms with Crippen molar-refractivity contribution in [1.29, 1.82) is 5.41 Å². The Balaban J connectivity index is 1.77. The fraction of sp³-hybridized carbons (Fsp3) is 0.429. The molecule has 3 rings (SSSR count). The first kappa shape index (κ1) is 14.5. The molecule has 0 amide bonds. The number of nitrogens with zero attached hydrogens (tertiary/aromatic N) is 4. The number of hydrogen-bond donors (Lipinski definition) is 3. The highest BCUT2D eigenvalue weighted by Crippen LogP contribution is 2.19. The summed E-state index contributed by atoms with van der Waals surface area (Å²) in [4.78, 5) is 8.71. The van der Waals surface area contributed by atoms with Crippen LogP contribution in [-0.4, -0.2) is 45.2 Å². The van der Waals surface area contributed by atoms with E-state index >= 15 is 0 Å². The first-order chi connectivity index (χ1) is 10.7. The van der Waals surface area contributed by atoms with E-state index in [1.54, 1.807) is 17.1 Å². The lowest BCUT2D eigenvalue weighted by Crippen LogP contribution is -2.28. The summed E-state index contributed by atoms with van der Waals surface area (Å²) in [5, 5.41) is 18.1. The van der Waals surface area contributed by atoms with Crippen molar-refractivity contribution in [3.05, 3.63) is 24.2 Å². The lowest BCUT2D eigenvalue weighted by molar-refractivity contribution is 0.0904. The third-order valence-electron chi connectivity index (χ3n) is 3.50. The predicted octanol–water partition coefficient (Wildman–Crippen LogP) is 1.54. The predicted molar refractivity (Wildman–Crippen MR) is 83.9 cm³/mol. The summed E-state index contributed by atoms with van der Waals surface area (Å²) in [6.07, 6.45) is 8.33. The molecule has 8 nitrogen and oxygen atoms in total. The van der Waals surface area contributed by atoms with E-state index in [1.807, 2.05) is 13.2 Å². The molecule has 0 bridgehead atoms. The van der Waals surface area contributed by atoms with Gasteiger partial charge in [-0.15, -0.1) is 0 Å². The van der Waals surface area contributed by atoms with Gasteiger partial charge in [-0.3, -0.25) is 4.68 Å². The van der Waals surface area contributed by atoms with Gasteiger partial charge in [0.05, 0.1) is 17.4 Å². The molecular weight excluding hydrogens is 282 g/mol. The molecule has 0 aromatic carbocycles. The highest BCUT2D eigenvalue weighted by Gasteiger charge is 2.16. The van der Waals surface area contributed by atoms with E-state index in [0.29, 0.717) is 23.4 Å². The molecule has 1 aliphatic rings. The number of ether oxygens (including phenoxy) is 1. The van der Waals surface area contributed by atoms with Crippen molar-refractivity contribution in [3.8, 4) is 0 Å². The zero-order valence-electron chi connectivity index (χ0n) is 12.4. The molecule has 2 aromatic rings. The lowest BCUT2D eigenvalue weighted by Gasteiger charge is -2.24. The second kappa shape index (κ2) is 6.52. The van der Waals surface area contributed by atoms with Crippen molar-refractivity contribution >= 4 is 23.7 Å². The van der Waals surface area contributed by atoms with Crippen LogP contribution in [0.4, 0.5) is 17.5 Å². The average Bonchev–Trinajstić information content (AvgIpc) is 2.94. The van der Waals surface area contributed by atoms with Gasteiger partial charge in [0.2, 0.25) is 5.95 Å². The molecule has 1 aliphatic heterocycles. The molecule has 22 heavy (non-hydrogen) atoms. The van der Waals surface area contributed by atoms with Crippen LogP contribution >= 0.6 is 0 Å². The maximum absolute atomic E-state index is 7.49. The minimum atomic E-state index is 0.314. The summed E-state index contributed by atoms with van der Waals surface area (Å²) < 4.78 is 7.06. The van der Waals surface area contributed by atoms with Crippen LogP contribution < -0.4 is 10.6 Å². The third-order valence-corrected chi connectivity index (χ3v) is 3.50.